The van der Waals surface area contributed by atoms with Crippen molar-refractivity contribution in [2.45, 2.75) is 6.92 Å². The van der Waals surface area contributed by atoms with Crippen LogP contribution in [0.25, 0.3) is 0 Å². The Balaban J connectivity index is 2.23. The van der Waals surface area contributed by atoms with Crippen molar-refractivity contribution in [2.75, 3.05) is 5.32 Å². The molecule has 0 aromatic heterocycles. The van der Waals surface area contributed by atoms with Gasteiger partial charge in [-0.3, -0.25) is 9.59 Å². The molecular weight excluding hydrogens is 330 g/mol. The van der Waals surface area contributed by atoms with Gasteiger partial charge in [0, 0.05) is 18.2 Å². The van der Waals surface area contributed by atoms with Crippen molar-refractivity contribution in [3.8, 4) is 5.75 Å². The first kappa shape index (κ1) is 17.7. The van der Waals surface area contributed by atoms with Gasteiger partial charge in [-0.05, 0) is 42.5 Å². The van der Waals surface area contributed by atoms with Gasteiger partial charge in [-0.15, -0.1) is 0 Å². The predicted octanol–water partition coefficient (Wildman–Crippen LogP) is 2.26. The number of hydrogen-bond acceptors (Lipinski definition) is 5. The largest absolute Gasteiger partial charge is 0.478 e. The van der Waals surface area contributed by atoms with Gasteiger partial charge < -0.3 is 20.3 Å². The van der Waals surface area contributed by atoms with E-state index in [-0.39, 0.29) is 28.1 Å². The molecule has 0 aliphatic heterocycles. The van der Waals surface area contributed by atoms with E-state index in [1.54, 1.807) is 0 Å². The quantitative estimate of drug-likeness (QED) is 0.560. The average molecular weight is 343 g/mol. The lowest BCUT2D eigenvalue weighted by Gasteiger charge is -2.08. The summed E-state index contributed by atoms with van der Waals surface area (Å²) in [4.78, 5) is 45.2. The van der Waals surface area contributed by atoms with Crippen LogP contribution in [0.4, 0.5) is 5.69 Å². The molecule has 8 heteroatoms. The number of amides is 1. The van der Waals surface area contributed by atoms with Crippen molar-refractivity contribution in [1.29, 1.82) is 0 Å². The molecule has 0 spiro atoms. The van der Waals surface area contributed by atoms with Crippen molar-refractivity contribution in [1.82, 2.24) is 0 Å². The second-order valence-corrected chi connectivity index (χ2v) is 4.98. The number of carboxylic acids is 2. The molecule has 0 saturated carbocycles. The highest BCUT2D eigenvalue weighted by Crippen LogP contribution is 2.18. The fourth-order valence-corrected chi connectivity index (χ4v) is 1.99. The monoisotopic (exact) mass is 343 g/mol. The van der Waals surface area contributed by atoms with E-state index in [0.29, 0.717) is 0 Å². The standard InChI is InChI=1S/C17H13NO7/c1-9(19)25-14-4-2-10(3-5-14)15(20)18-13-7-11(16(21)22)6-12(8-13)17(23)24/h2-8H,1H3,(H,18,20)(H,21,22)(H,23,24). The summed E-state index contributed by atoms with van der Waals surface area (Å²) in [5.74, 6) is -3.43. The van der Waals surface area contributed by atoms with Crippen molar-refractivity contribution in [3.05, 3.63) is 59.2 Å². The Bertz CT molecular complexity index is 824. The van der Waals surface area contributed by atoms with Gasteiger partial charge in [-0.2, -0.15) is 0 Å². The minimum atomic E-state index is -1.32. The van der Waals surface area contributed by atoms with Gasteiger partial charge >= 0.3 is 17.9 Å². The number of esters is 1. The third-order valence-corrected chi connectivity index (χ3v) is 3.06. The molecule has 128 valence electrons. The second-order valence-electron chi connectivity index (χ2n) is 4.98. The van der Waals surface area contributed by atoms with Gasteiger partial charge in [-0.1, -0.05) is 0 Å². The number of anilines is 1. The highest BCUT2D eigenvalue weighted by Gasteiger charge is 2.14. The number of carboxylic acid groups (broad SMARTS) is 2. The Kier molecular flexibility index (Phi) is 5.13. The van der Waals surface area contributed by atoms with Crippen LogP contribution >= 0.6 is 0 Å². The Morgan fingerprint density at radius 1 is 0.840 bits per heavy atom. The predicted molar refractivity (Wildman–Crippen MR) is 86.1 cm³/mol. The van der Waals surface area contributed by atoms with Gasteiger partial charge in [0.05, 0.1) is 11.1 Å². The molecule has 3 N–H and O–H groups in total. The number of rotatable bonds is 5. The van der Waals surface area contributed by atoms with Crippen LogP contribution < -0.4 is 10.1 Å². The Morgan fingerprint density at radius 3 is 1.80 bits per heavy atom. The Hall–Kier alpha value is -3.68. The van der Waals surface area contributed by atoms with Gasteiger partial charge in [0.2, 0.25) is 0 Å². The molecule has 25 heavy (non-hydrogen) atoms. The SMILES string of the molecule is CC(=O)Oc1ccc(C(=O)Nc2cc(C(=O)O)cc(C(=O)O)c2)cc1. The van der Waals surface area contributed by atoms with Gasteiger partial charge in [0.1, 0.15) is 5.75 Å². The first-order chi connectivity index (χ1) is 11.8. The van der Waals surface area contributed by atoms with Crippen LogP contribution in [-0.2, 0) is 4.79 Å². The number of ether oxygens (including phenoxy) is 1. The van der Waals surface area contributed by atoms with Crippen LogP contribution in [0, 0.1) is 0 Å². The molecule has 0 heterocycles. The van der Waals surface area contributed by atoms with E-state index in [9.17, 15) is 19.2 Å². The average Bonchev–Trinajstić information content (AvgIpc) is 2.54. The van der Waals surface area contributed by atoms with Gasteiger partial charge in [0.15, 0.2) is 0 Å². The minimum Gasteiger partial charge on any atom is -0.478 e. The summed E-state index contributed by atoms with van der Waals surface area (Å²) >= 11 is 0. The summed E-state index contributed by atoms with van der Waals surface area (Å²) in [7, 11) is 0. The zero-order valence-electron chi connectivity index (χ0n) is 13.0. The molecule has 0 aliphatic carbocycles. The second kappa shape index (κ2) is 7.26. The molecule has 8 nitrogen and oxygen atoms in total. The Labute approximate surface area is 141 Å². The highest BCUT2D eigenvalue weighted by atomic mass is 16.5. The lowest BCUT2D eigenvalue weighted by molar-refractivity contribution is -0.131. The zero-order chi connectivity index (χ0) is 18.6. The molecule has 0 unspecified atom stereocenters. The number of carbonyl (C=O) groups excluding carboxylic acids is 2. The maximum absolute atomic E-state index is 12.2. The molecule has 0 aliphatic rings. The van der Waals surface area contributed by atoms with Crippen LogP contribution in [0.3, 0.4) is 0 Å². The van der Waals surface area contributed by atoms with Crippen molar-refractivity contribution < 1.29 is 34.1 Å². The summed E-state index contributed by atoms with van der Waals surface area (Å²) < 4.78 is 4.85. The maximum Gasteiger partial charge on any atom is 0.335 e. The summed E-state index contributed by atoms with van der Waals surface area (Å²) in [5.41, 5.74) is -0.277. The fourth-order valence-electron chi connectivity index (χ4n) is 1.99. The molecule has 0 saturated heterocycles. The molecule has 2 aromatic rings. The van der Waals surface area contributed by atoms with E-state index in [0.717, 1.165) is 18.2 Å². The summed E-state index contributed by atoms with van der Waals surface area (Å²) in [6, 6.07) is 8.97. The normalized spacial score (nSPS) is 9.96. The van der Waals surface area contributed by atoms with E-state index >= 15 is 0 Å². The van der Waals surface area contributed by atoms with Crippen LogP contribution in [0.5, 0.6) is 5.75 Å². The first-order valence-corrected chi connectivity index (χ1v) is 6.98. The van der Waals surface area contributed by atoms with Crippen molar-refractivity contribution in [3.63, 3.8) is 0 Å². The topological polar surface area (TPSA) is 130 Å². The van der Waals surface area contributed by atoms with E-state index in [1.165, 1.54) is 31.2 Å². The summed E-state index contributed by atoms with van der Waals surface area (Å²) in [5, 5.41) is 20.5. The maximum atomic E-state index is 12.2. The number of aromatic carboxylic acids is 2. The number of hydrogen-bond donors (Lipinski definition) is 3. The van der Waals surface area contributed by atoms with Crippen LogP contribution in [0.2, 0.25) is 0 Å². The van der Waals surface area contributed by atoms with Crippen LogP contribution in [0.1, 0.15) is 38.0 Å². The summed E-state index contributed by atoms with van der Waals surface area (Å²) in [6.07, 6.45) is 0. The molecule has 2 aromatic carbocycles. The lowest BCUT2D eigenvalue weighted by Crippen LogP contribution is -2.13. The third kappa shape index (κ3) is 4.64. The van der Waals surface area contributed by atoms with E-state index in [1.807, 2.05) is 0 Å². The van der Waals surface area contributed by atoms with Crippen LogP contribution in [-0.4, -0.2) is 34.0 Å². The third-order valence-electron chi connectivity index (χ3n) is 3.06. The molecule has 0 fully saturated rings. The van der Waals surface area contributed by atoms with E-state index in [2.05, 4.69) is 5.32 Å². The van der Waals surface area contributed by atoms with Gasteiger partial charge in [0.25, 0.3) is 5.91 Å². The molecule has 0 atom stereocenters. The van der Waals surface area contributed by atoms with E-state index < -0.39 is 23.8 Å². The van der Waals surface area contributed by atoms with Crippen molar-refractivity contribution >= 4 is 29.5 Å². The highest BCUT2D eigenvalue weighted by molar-refractivity contribution is 6.05. The molecule has 0 bridgehead atoms. The lowest BCUT2D eigenvalue weighted by atomic mass is 10.1. The molecular formula is C17H13NO7. The smallest absolute Gasteiger partial charge is 0.335 e. The van der Waals surface area contributed by atoms with E-state index in [4.69, 9.17) is 14.9 Å². The van der Waals surface area contributed by atoms with Gasteiger partial charge in [-0.25, -0.2) is 9.59 Å². The first-order valence-electron chi connectivity index (χ1n) is 6.98. The number of benzene rings is 2. The summed E-state index contributed by atoms with van der Waals surface area (Å²) in [6.45, 7) is 1.25. The molecule has 0 radical (unpaired) electrons. The number of carbonyl (C=O) groups is 4. The van der Waals surface area contributed by atoms with Crippen molar-refractivity contribution in [2.24, 2.45) is 0 Å². The zero-order valence-corrected chi connectivity index (χ0v) is 13.0. The number of nitrogens with one attached hydrogen (secondary N) is 1. The molecule has 1 amide bonds. The fraction of sp³-hybridized carbons (Fsp3) is 0.0588. The van der Waals surface area contributed by atoms with Crippen LogP contribution in [0.15, 0.2) is 42.5 Å². The Morgan fingerprint density at radius 2 is 1.36 bits per heavy atom. The minimum absolute atomic E-state index is 0.0337. The molecule has 2 rings (SSSR count).